The van der Waals surface area contributed by atoms with Gasteiger partial charge in [-0.1, -0.05) is 12.1 Å². The number of non-ortho nitro benzene ring substituents is 1. The molecule has 0 bridgehead atoms. The van der Waals surface area contributed by atoms with Crippen LogP contribution in [-0.4, -0.2) is 37.2 Å². The Hall–Kier alpha value is -1.59. The number of rotatable bonds is 8. The molecule has 0 aromatic heterocycles. The first-order valence-electron chi connectivity index (χ1n) is 7.56. The molecule has 0 heterocycles. The zero-order valence-electron chi connectivity index (χ0n) is 13.8. The fourth-order valence-electron chi connectivity index (χ4n) is 1.99. The van der Waals surface area contributed by atoms with Gasteiger partial charge in [0.25, 0.3) is 5.69 Å². The number of hydrogen-bond acceptors (Lipinski definition) is 3. The lowest BCUT2D eigenvalue weighted by atomic mass is 10.1. The molecule has 6 nitrogen and oxygen atoms in total. The molecule has 142 valence electrons. The number of nitro benzene ring substituents is 1. The zero-order chi connectivity index (χ0) is 18.0. The molecular weight excluding hydrogens is 452 g/mol. The van der Waals surface area contributed by atoms with Gasteiger partial charge in [0.05, 0.1) is 11.3 Å². The van der Waals surface area contributed by atoms with Crippen LogP contribution in [0, 0.1) is 10.1 Å². The Morgan fingerprint density at radius 2 is 1.76 bits per heavy atom. The van der Waals surface area contributed by atoms with Crippen molar-refractivity contribution >= 4 is 35.6 Å². The van der Waals surface area contributed by atoms with Crippen LogP contribution in [0.3, 0.4) is 0 Å². The van der Waals surface area contributed by atoms with Crippen LogP contribution in [0.2, 0.25) is 0 Å². The third-order valence-corrected chi connectivity index (χ3v) is 3.26. The Morgan fingerprint density at radius 1 is 1.16 bits per heavy atom. The molecule has 1 aromatic carbocycles. The van der Waals surface area contributed by atoms with E-state index in [1.54, 1.807) is 12.1 Å². The van der Waals surface area contributed by atoms with Crippen molar-refractivity contribution in [2.75, 3.05) is 20.1 Å². The van der Waals surface area contributed by atoms with Gasteiger partial charge in [0.2, 0.25) is 0 Å². The second-order valence-corrected chi connectivity index (χ2v) is 5.17. The van der Waals surface area contributed by atoms with Crippen molar-refractivity contribution in [1.29, 1.82) is 0 Å². The lowest BCUT2D eigenvalue weighted by Crippen LogP contribution is -2.39. The van der Waals surface area contributed by atoms with E-state index in [0.29, 0.717) is 12.5 Å². The molecule has 0 saturated heterocycles. The number of nitrogens with zero attached hydrogens (tertiary/aromatic N) is 2. The molecular formula is C15H22F3IN4O2. The molecule has 1 rings (SSSR count). The van der Waals surface area contributed by atoms with Crippen LogP contribution in [0.1, 0.15) is 24.8 Å². The number of benzene rings is 1. The summed E-state index contributed by atoms with van der Waals surface area (Å²) in [6, 6.07) is 6.40. The summed E-state index contributed by atoms with van der Waals surface area (Å²) in [5, 5.41) is 16.1. The molecule has 0 aliphatic heterocycles. The molecule has 0 aliphatic carbocycles. The van der Waals surface area contributed by atoms with Crippen LogP contribution in [0.5, 0.6) is 0 Å². The minimum atomic E-state index is -4.18. The van der Waals surface area contributed by atoms with Gasteiger partial charge in [0.15, 0.2) is 5.96 Å². The van der Waals surface area contributed by atoms with Crippen molar-refractivity contribution in [3.8, 4) is 0 Å². The number of nitro groups is 1. The summed E-state index contributed by atoms with van der Waals surface area (Å²) < 4.78 is 36.2. The van der Waals surface area contributed by atoms with Crippen LogP contribution < -0.4 is 10.6 Å². The maximum atomic E-state index is 12.1. The Kier molecular flexibility index (Phi) is 11.1. The van der Waals surface area contributed by atoms with E-state index in [2.05, 4.69) is 15.6 Å². The highest BCUT2D eigenvalue weighted by atomic mass is 127. The van der Waals surface area contributed by atoms with E-state index in [9.17, 15) is 23.3 Å². The highest BCUT2D eigenvalue weighted by Crippen LogP contribution is 2.18. The van der Waals surface area contributed by atoms with Gasteiger partial charge in [-0.15, -0.1) is 24.0 Å². The summed E-state index contributed by atoms with van der Waals surface area (Å²) >= 11 is 0. The SMILES string of the molecule is CN=C(NCCCCc1ccc([N+](=O)[O-])cc1)NCCC(F)(F)F.I. The number of aryl methyl sites for hydroxylation is 1. The van der Waals surface area contributed by atoms with Crippen LogP contribution in [0.4, 0.5) is 18.9 Å². The minimum absolute atomic E-state index is 0. The van der Waals surface area contributed by atoms with E-state index in [4.69, 9.17) is 0 Å². The van der Waals surface area contributed by atoms with E-state index in [1.807, 2.05) is 0 Å². The number of unbranched alkanes of at least 4 members (excludes halogenated alkanes) is 1. The van der Waals surface area contributed by atoms with Gasteiger partial charge >= 0.3 is 6.18 Å². The summed E-state index contributed by atoms with van der Waals surface area (Å²) in [5.74, 6) is 0.342. The second-order valence-electron chi connectivity index (χ2n) is 5.17. The zero-order valence-corrected chi connectivity index (χ0v) is 16.1. The van der Waals surface area contributed by atoms with Crippen LogP contribution >= 0.6 is 24.0 Å². The molecule has 0 atom stereocenters. The van der Waals surface area contributed by atoms with Gasteiger partial charge in [-0.2, -0.15) is 13.2 Å². The molecule has 0 aliphatic rings. The van der Waals surface area contributed by atoms with Crippen LogP contribution in [0.25, 0.3) is 0 Å². The highest BCUT2D eigenvalue weighted by molar-refractivity contribution is 14.0. The Bertz CT molecular complexity index is 551. The van der Waals surface area contributed by atoms with E-state index >= 15 is 0 Å². The molecule has 25 heavy (non-hydrogen) atoms. The molecule has 2 N–H and O–H groups in total. The normalized spacial score (nSPS) is 11.6. The first kappa shape index (κ1) is 23.4. The highest BCUT2D eigenvalue weighted by Gasteiger charge is 2.26. The molecule has 0 radical (unpaired) electrons. The molecule has 0 saturated carbocycles. The average molecular weight is 474 g/mol. The summed E-state index contributed by atoms with van der Waals surface area (Å²) in [6.45, 7) is 0.366. The standard InChI is InChI=1S/C15H21F3N4O2.HI/c1-19-14(21-11-9-15(16,17)18)20-10-3-2-4-12-5-7-13(8-6-12)22(23)24;/h5-8H,2-4,9-11H2,1H3,(H2,19,20,21);1H. The number of halogens is 4. The van der Waals surface area contributed by atoms with Crippen molar-refractivity contribution in [3.05, 3.63) is 39.9 Å². The number of nitrogens with one attached hydrogen (secondary N) is 2. The first-order valence-corrected chi connectivity index (χ1v) is 7.56. The van der Waals surface area contributed by atoms with Gasteiger partial charge in [0.1, 0.15) is 0 Å². The summed E-state index contributed by atoms with van der Waals surface area (Å²) in [4.78, 5) is 14.0. The third kappa shape index (κ3) is 10.8. The van der Waals surface area contributed by atoms with E-state index in [-0.39, 0.29) is 36.2 Å². The monoisotopic (exact) mass is 474 g/mol. The second kappa shape index (κ2) is 11.9. The van der Waals surface area contributed by atoms with Crippen molar-refractivity contribution in [3.63, 3.8) is 0 Å². The molecule has 10 heteroatoms. The van der Waals surface area contributed by atoms with E-state index in [1.165, 1.54) is 19.2 Å². The van der Waals surface area contributed by atoms with E-state index < -0.39 is 17.5 Å². The quantitative estimate of drug-likeness (QED) is 0.151. The number of hydrogen-bond donors (Lipinski definition) is 2. The predicted molar refractivity (Wildman–Crippen MR) is 101 cm³/mol. The number of guanidine groups is 1. The fraction of sp³-hybridized carbons (Fsp3) is 0.533. The van der Waals surface area contributed by atoms with E-state index in [0.717, 1.165) is 24.8 Å². The van der Waals surface area contributed by atoms with Crippen molar-refractivity contribution in [2.45, 2.75) is 31.9 Å². The fourth-order valence-corrected chi connectivity index (χ4v) is 1.99. The minimum Gasteiger partial charge on any atom is -0.356 e. The maximum Gasteiger partial charge on any atom is 0.390 e. The molecule has 0 fully saturated rings. The maximum absolute atomic E-state index is 12.1. The summed E-state index contributed by atoms with van der Waals surface area (Å²) in [5.41, 5.74) is 1.07. The lowest BCUT2D eigenvalue weighted by molar-refractivity contribution is -0.384. The summed E-state index contributed by atoms with van der Waals surface area (Å²) in [6.07, 6.45) is -2.66. The molecule has 0 spiro atoms. The molecule has 0 amide bonds. The smallest absolute Gasteiger partial charge is 0.356 e. The number of aliphatic imine (C=N–C) groups is 1. The van der Waals surface area contributed by atoms with Gasteiger partial charge in [-0.05, 0) is 24.8 Å². The topological polar surface area (TPSA) is 79.6 Å². The Labute approximate surface area is 161 Å². The van der Waals surface area contributed by atoms with Crippen molar-refractivity contribution in [1.82, 2.24) is 10.6 Å². The predicted octanol–water partition coefficient (Wildman–Crippen LogP) is 3.65. The molecule has 0 unspecified atom stereocenters. The largest absolute Gasteiger partial charge is 0.390 e. The van der Waals surface area contributed by atoms with Gasteiger partial charge in [-0.3, -0.25) is 15.1 Å². The molecule has 1 aromatic rings. The number of alkyl halides is 3. The van der Waals surface area contributed by atoms with Crippen molar-refractivity contribution in [2.24, 2.45) is 4.99 Å². The van der Waals surface area contributed by atoms with Gasteiger partial charge in [0, 0.05) is 32.3 Å². The van der Waals surface area contributed by atoms with Crippen LogP contribution in [-0.2, 0) is 6.42 Å². The van der Waals surface area contributed by atoms with Gasteiger partial charge < -0.3 is 10.6 Å². The lowest BCUT2D eigenvalue weighted by Gasteiger charge is -2.12. The van der Waals surface area contributed by atoms with Crippen molar-refractivity contribution < 1.29 is 18.1 Å². The van der Waals surface area contributed by atoms with Gasteiger partial charge in [-0.25, -0.2) is 0 Å². The first-order chi connectivity index (χ1) is 11.3. The third-order valence-electron chi connectivity index (χ3n) is 3.26. The Balaban J connectivity index is 0.00000576. The Morgan fingerprint density at radius 3 is 2.28 bits per heavy atom. The van der Waals surface area contributed by atoms with Crippen LogP contribution in [0.15, 0.2) is 29.3 Å². The average Bonchev–Trinajstić information content (AvgIpc) is 2.52. The summed E-state index contributed by atoms with van der Waals surface area (Å²) in [7, 11) is 1.50.